The smallest absolute Gasteiger partial charge is 0.128 e. The maximum Gasteiger partial charge on any atom is 0.128 e. The van der Waals surface area contributed by atoms with E-state index in [0.717, 1.165) is 11.4 Å². The van der Waals surface area contributed by atoms with E-state index in [0.29, 0.717) is 6.61 Å². The zero-order valence-corrected chi connectivity index (χ0v) is 13.3. The Hall–Kier alpha value is -2.61. The molecule has 0 N–H and O–H groups in total. The Morgan fingerprint density at radius 1 is 0.957 bits per heavy atom. The standard InChI is InChI=1S/C21H17NO/c1-21(2)16-8-5-11-22-20(16)15-9-10-17-18(19(15)21)14-7-4-3-6-13(14)12-23-17/h3-11H,12H2,1-2H3. The van der Waals surface area contributed by atoms with Crippen molar-refractivity contribution in [2.24, 2.45) is 0 Å². The van der Waals surface area contributed by atoms with E-state index in [2.05, 4.69) is 61.3 Å². The SMILES string of the molecule is CC1(C)c2cccnc2-c2ccc3c(c21)-c1ccccc1CO3. The second-order valence-corrected chi connectivity index (χ2v) is 6.83. The van der Waals surface area contributed by atoms with E-state index in [1.165, 1.54) is 33.4 Å². The quantitative estimate of drug-likeness (QED) is 0.586. The molecule has 5 rings (SSSR count). The summed E-state index contributed by atoms with van der Waals surface area (Å²) >= 11 is 0. The summed E-state index contributed by atoms with van der Waals surface area (Å²) < 4.78 is 6.05. The van der Waals surface area contributed by atoms with Crippen LogP contribution in [-0.4, -0.2) is 4.98 Å². The predicted molar refractivity (Wildman–Crippen MR) is 91.6 cm³/mol. The molecule has 0 spiro atoms. The van der Waals surface area contributed by atoms with Crippen LogP contribution in [0.25, 0.3) is 22.4 Å². The third-order valence-corrected chi connectivity index (χ3v) is 5.20. The highest BCUT2D eigenvalue weighted by Crippen LogP contribution is 2.55. The van der Waals surface area contributed by atoms with Gasteiger partial charge in [0.25, 0.3) is 0 Å². The van der Waals surface area contributed by atoms with Gasteiger partial charge in [-0.05, 0) is 40.5 Å². The van der Waals surface area contributed by atoms with Crippen molar-refractivity contribution in [2.45, 2.75) is 25.9 Å². The summed E-state index contributed by atoms with van der Waals surface area (Å²) in [5.41, 5.74) is 8.72. The lowest BCUT2D eigenvalue weighted by molar-refractivity contribution is 0.301. The van der Waals surface area contributed by atoms with Gasteiger partial charge in [0.1, 0.15) is 12.4 Å². The number of aromatic nitrogens is 1. The molecule has 2 nitrogen and oxygen atoms in total. The van der Waals surface area contributed by atoms with Crippen LogP contribution in [0.15, 0.2) is 54.7 Å². The normalized spacial score (nSPS) is 15.9. The number of hydrogen-bond donors (Lipinski definition) is 0. The first-order valence-corrected chi connectivity index (χ1v) is 8.02. The Morgan fingerprint density at radius 3 is 2.74 bits per heavy atom. The van der Waals surface area contributed by atoms with E-state index in [1.54, 1.807) is 0 Å². The molecule has 0 radical (unpaired) electrons. The van der Waals surface area contributed by atoms with Crippen molar-refractivity contribution in [3.8, 4) is 28.1 Å². The molecule has 0 fully saturated rings. The molecule has 112 valence electrons. The summed E-state index contributed by atoms with van der Waals surface area (Å²) in [6.07, 6.45) is 1.88. The molecule has 1 aromatic heterocycles. The number of ether oxygens (including phenoxy) is 1. The second-order valence-electron chi connectivity index (χ2n) is 6.83. The first-order valence-electron chi connectivity index (χ1n) is 8.02. The van der Waals surface area contributed by atoms with Crippen molar-refractivity contribution in [3.05, 3.63) is 71.4 Å². The van der Waals surface area contributed by atoms with Crippen LogP contribution < -0.4 is 4.74 Å². The Bertz CT molecular complexity index is 956. The Balaban J connectivity index is 1.91. The van der Waals surface area contributed by atoms with Gasteiger partial charge in [-0.1, -0.05) is 44.2 Å². The van der Waals surface area contributed by atoms with Gasteiger partial charge < -0.3 is 4.74 Å². The Morgan fingerprint density at radius 2 is 1.83 bits per heavy atom. The monoisotopic (exact) mass is 299 g/mol. The van der Waals surface area contributed by atoms with E-state index in [4.69, 9.17) is 4.74 Å². The molecule has 0 atom stereocenters. The first kappa shape index (κ1) is 12.9. The van der Waals surface area contributed by atoms with Crippen LogP contribution in [0.2, 0.25) is 0 Å². The summed E-state index contributed by atoms with van der Waals surface area (Å²) in [4.78, 5) is 4.66. The summed E-state index contributed by atoms with van der Waals surface area (Å²) in [6.45, 7) is 5.22. The Kier molecular flexibility index (Phi) is 2.37. The van der Waals surface area contributed by atoms with E-state index in [1.807, 2.05) is 12.3 Å². The molecule has 1 aliphatic carbocycles. The topological polar surface area (TPSA) is 22.1 Å². The third-order valence-electron chi connectivity index (χ3n) is 5.20. The van der Waals surface area contributed by atoms with E-state index >= 15 is 0 Å². The minimum absolute atomic E-state index is 0.0713. The van der Waals surface area contributed by atoms with Gasteiger partial charge in [-0.2, -0.15) is 0 Å². The number of pyridine rings is 1. The fraction of sp³-hybridized carbons (Fsp3) is 0.190. The molecule has 1 aliphatic heterocycles. The highest BCUT2D eigenvalue weighted by Gasteiger charge is 2.40. The van der Waals surface area contributed by atoms with Crippen LogP contribution >= 0.6 is 0 Å². The van der Waals surface area contributed by atoms with Gasteiger partial charge in [0.2, 0.25) is 0 Å². The number of hydrogen-bond acceptors (Lipinski definition) is 2. The predicted octanol–water partition coefficient (Wildman–Crippen LogP) is 4.95. The molecule has 0 saturated heterocycles. The van der Waals surface area contributed by atoms with Crippen molar-refractivity contribution >= 4 is 0 Å². The van der Waals surface area contributed by atoms with E-state index < -0.39 is 0 Å². The van der Waals surface area contributed by atoms with Gasteiger partial charge in [-0.25, -0.2) is 0 Å². The molecule has 23 heavy (non-hydrogen) atoms. The highest BCUT2D eigenvalue weighted by atomic mass is 16.5. The second kappa shape index (κ2) is 4.23. The third kappa shape index (κ3) is 1.56. The average molecular weight is 299 g/mol. The molecular formula is C21H17NO. The molecule has 0 amide bonds. The maximum atomic E-state index is 6.05. The zero-order valence-electron chi connectivity index (χ0n) is 13.3. The lowest BCUT2D eigenvalue weighted by Crippen LogP contribution is -2.18. The average Bonchev–Trinajstić information content (AvgIpc) is 2.83. The Labute approximate surface area is 135 Å². The molecule has 0 saturated carbocycles. The van der Waals surface area contributed by atoms with Crippen LogP contribution in [0.4, 0.5) is 0 Å². The van der Waals surface area contributed by atoms with Crippen molar-refractivity contribution in [1.82, 2.24) is 4.98 Å². The highest BCUT2D eigenvalue weighted by molar-refractivity contribution is 5.90. The summed E-state index contributed by atoms with van der Waals surface area (Å²) in [6, 6.07) is 17.1. The van der Waals surface area contributed by atoms with Crippen LogP contribution in [0, 0.1) is 0 Å². The van der Waals surface area contributed by atoms with Crippen LogP contribution in [-0.2, 0) is 12.0 Å². The molecule has 3 aromatic rings. The maximum absolute atomic E-state index is 6.05. The zero-order chi connectivity index (χ0) is 15.6. The fourth-order valence-corrected chi connectivity index (χ4v) is 4.12. The van der Waals surface area contributed by atoms with Gasteiger partial charge >= 0.3 is 0 Å². The van der Waals surface area contributed by atoms with Gasteiger partial charge in [-0.3, -0.25) is 4.98 Å². The lowest BCUT2D eigenvalue weighted by Gasteiger charge is -2.29. The number of nitrogens with zero attached hydrogens (tertiary/aromatic N) is 1. The lowest BCUT2D eigenvalue weighted by atomic mass is 9.77. The van der Waals surface area contributed by atoms with Crippen molar-refractivity contribution < 1.29 is 4.74 Å². The molecule has 0 bridgehead atoms. The van der Waals surface area contributed by atoms with Crippen LogP contribution in [0.5, 0.6) is 5.75 Å². The van der Waals surface area contributed by atoms with Crippen LogP contribution in [0.1, 0.15) is 30.5 Å². The van der Waals surface area contributed by atoms with Crippen molar-refractivity contribution in [3.63, 3.8) is 0 Å². The number of rotatable bonds is 0. The summed E-state index contributed by atoms with van der Waals surface area (Å²) in [5, 5.41) is 0. The molecule has 2 heteroatoms. The minimum atomic E-state index is -0.0713. The van der Waals surface area contributed by atoms with Crippen molar-refractivity contribution in [1.29, 1.82) is 0 Å². The van der Waals surface area contributed by atoms with Gasteiger partial charge in [0, 0.05) is 22.7 Å². The number of fused-ring (bicyclic) bond motifs is 7. The first-order chi connectivity index (χ1) is 11.2. The molecule has 2 aliphatic rings. The van der Waals surface area contributed by atoms with Gasteiger partial charge in [0.15, 0.2) is 0 Å². The van der Waals surface area contributed by atoms with Crippen molar-refractivity contribution in [2.75, 3.05) is 0 Å². The van der Waals surface area contributed by atoms with Gasteiger partial charge in [0.05, 0.1) is 5.69 Å². The minimum Gasteiger partial charge on any atom is -0.488 e. The van der Waals surface area contributed by atoms with Gasteiger partial charge in [-0.15, -0.1) is 0 Å². The summed E-state index contributed by atoms with van der Waals surface area (Å²) in [5.74, 6) is 0.989. The molecule has 2 aromatic carbocycles. The largest absolute Gasteiger partial charge is 0.488 e. The molecule has 0 unspecified atom stereocenters. The fourth-order valence-electron chi connectivity index (χ4n) is 4.12. The molecule has 2 heterocycles. The number of benzene rings is 2. The van der Waals surface area contributed by atoms with E-state index in [-0.39, 0.29) is 5.41 Å². The van der Waals surface area contributed by atoms with Crippen LogP contribution in [0.3, 0.4) is 0 Å². The van der Waals surface area contributed by atoms with E-state index in [9.17, 15) is 0 Å². The molecular weight excluding hydrogens is 282 g/mol. The summed E-state index contributed by atoms with van der Waals surface area (Å²) in [7, 11) is 0.